The summed E-state index contributed by atoms with van der Waals surface area (Å²) in [5, 5.41) is 0. The van der Waals surface area contributed by atoms with Gasteiger partial charge in [0.05, 0.1) is 33.4 Å². The summed E-state index contributed by atoms with van der Waals surface area (Å²) in [5.74, 6) is 0.807. The van der Waals surface area contributed by atoms with Gasteiger partial charge in [-0.25, -0.2) is 18.7 Å². The van der Waals surface area contributed by atoms with E-state index >= 15 is 0 Å². The minimum atomic E-state index is -0.280. The van der Waals surface area contributed by atoms with Gasteiger partial charge in [0.15, 0.2) is 0 Å². The van der Waals surface area contributed by atoms with Gasteiger partial charge < -0.3 is 9.97 Å². The molecule has 0 atom stereocenters. The van der Waals surface area contributed by atoms with Crippen molar-refractivity contribution in [2.24, 2.45) is 9.98 Å². The molecule has 42 heavy (non-hydrogen) atoms. The van der Waals surface area contributed by atoms with Gasteiger partial charge in [0.25, 0.3) is 0 Å². The maximum Gasteiger partial charge on any atom is 0.138 e. The zero-order valence-electron chi connectivity index (χ0n) is 22.1. The molecule has 8 heteroatoms. The van der Waals surface area contributed by atoms with Crippen LogP contribution in [-0.2, 0) is 0 Å². The number of hydrogen-bond acceptors (Lipinski definition) is 4. The molecule has 7 aromatic rings. The van der Waals surface area contributed by atoms with E-state index in [9.17, 15) is 8.78 Å². The van der Waals surface area contributed by atoms with Crippen LogP contribution in [0, 0.1) is 11.6 Å². The summed E-state index contributed by atoms with van der Waals surface area (Å²) in [6, 6.07) is 31.9. The second-order valence-electron chi connectivity index (χ2n) is 9.77. The van der Waals surface area contributed by atoms with Crippen molar-refractivity contribution in [3.8, 4) is 22.8 Å². The molecule has 7 rings (SSSR count). The number of aromatic amines is 2. The Bertz CT molecular complexity index is 1940. The number of H-pyrrole nitrogens is 2. The molecule has 5 aromatic carbocycles. The van der Waals surface area contributed by atoms with Crippen molar-refractivity contribution in [3.05, 3.63) is 132 Å². The number of halogens is 2. The van der Waals surface area contributed by atoms with Crippen LogP contribution in [0.25, 0.3) is 44.8 Å². The molecule has 2 aromatic heterocycles. The highest BCUT2D eigenvalue weighted by molar-refractivity contribution is 5.89. The van der Waals surface area contributed by atoms with Crippen LogP contribution in [0.2, 0.25) is 0 Å². The van der Waals surface area contributed by atoms with Crippen LogP contribution in [0.3, 0.4) is 0 Å². The first-order valence-electron chi connectivity index (χ1n) is 13.3. The highest BCUT2D eigenvalue weighted by Crippen LogP contribution is 2.26. The van der Waals surface area contributed by atoms with E-state index < -0.39 is 0 Å². The standard InChI is InChI=1S/C34H22F2N6/c35-25-9-5-23(6-10-25)33-39-29-15-13-27(17-31(29)41-33)37-19-21-1-2-22(4-3-21)20-38-28-14-16-30-32(18-28)42-34(40-30)24-7-11-26(36)12-8-24/h1-20H,(H,39,41)(H,40,42). The van der Waals surface area contributed by atoms with Crippen LogP contribution in [0.5, 0.6) is 0 Å². The summed E-state index contributed by atoms with van der Waals surface area (Å²) in [6.45, 7) is 0. The molecule has 2 N–H and O–H groups in total. The molecular weight excluding hydrogens is 530 g/mol. The number of fused-ring (bicyclic) bond motifs is 2. The zero-order valence-corrected chi connectivity index (χ0v) is 22.1. The lowest BCUT2D eigenvalue weighted by Crippen LogP contribution is -1.84. The Morgan fingerprint density at radius 3 is 1.31 bits per heavy atom. The smallest absolute Gasteiger partial charge is 0.138 e. The van der Waals surface area contributed by atoms with Gasteiger partial charge in [0.2, 0.25) is 0 Å². The largest absolute Gasteiger partial charge is 0.338 e. The predicted molar refractivity (Wildman–Crippen MR) is 164 cm³/mol. The molecule has 0 amide bonds. The van der Waals surface area contributed by atoms with Crippen molar-refractivity contribution in [1.82, 2.24) is 19.9 Å². The zero-order chi connectivity index (χ0) is 28.5. The number of rotatable bonds is 6. The van der Waals surface area contributed by atoms with Crippen molar-refractivity contribution >= 4 is 45.9 Å². The van der Waals surface area contributed by atoms with Crippen LogP contribution in [0.4, 0.5) is 20.2 Å². The maximum absolute atomic E-state index is 13.3. The molecule has 0 aliphatic heterocycles. The van der Waals surface area contributed by atoms with E-state index in [0.29, 0.717) is 11.6 Å². The molecule has 2 heterocycles. The average Bonchev–Trinajstić information content (AvgIpc) is 3.64. The fourth-order valence-corrected chi connectivity index (χ4v) is 4.61. The van der Waals surface area contributed by atoms with E-state index in [-0.39, 0.29) is 11.6 Å². The monoisotopic (exact) mass is 552 g/mol. The van der Waals surface area contributed by atoms with Gasteiger partial charge in [-0.1, -0.05) is 24.3 Å². The summed E-state index contributed by atoms with van der Waals surface area (Å²) in [4.78, 5) is 25.0. The van der Waals surface area contributed by atoms with Gasteiger partial charge in [0, 0.05) is 23.6 Å². The molecule has 0 fully saturated rings. The lowest BCUT2D eigenvalue weighted by Gasteiger charge is -1.98. The van der Waals surface area contributed by atoms with Crippen LogP contribution in [0.1, 0.15) is 11.1 Å². The number of aromatic nitrogens is 4. The Morgan fingerprint density at radius 1 is 0.500 bits per heavy atom. The summed E-state index contributed by atoms with van der Waals surface area (Å²) in [7, 11) is 0. The van der Waals surface area contributed by atoms with Crippen molar-refractivity contribution in [3.63, 3.8) is 0 Å². The van der Waals surface area contributed by atoms with E-state index in [1.165, 1.54) is 24.3 Å². The second-order valence-corrected chi connectivity index (χ2v) is 9.77. The first-order valence-corrected chi connectivity index (χ1v) is 13.3. The fraction of sp³-hybridized carbons (Fsp3) is 0. The molecule has 202 valence electrons. The third kappa shape index (κ3) is 5.33. The third-order valence-electron chi connectivity index (χ3n) is 6.83. The van der Waals surface area contributed by atoms with Crippen molar-refractivity contribution < 1.29 is 8.78 Å². The predicted octanol–water partition coefficient (Wildman–Crippen LogP) is 8.55. The van der Waals surface area contributed by atoms with Crippen molar-refractivity contribution in [1.29, 1.82) is 0 Å². The second kappa shape index (κ2) is 10.7. The number of benzene rings is 5. The van der Waals surface area contributed by atoms with Crippen LogP contribution in [0.15, 0.2) is 119 Å². The van der Waals surface area contributed by atoms with Crippen LogP contribution in [-0.4, -0.2) is 32.4 Å². The molecule has 6 nitrogen and oxygen atoms in total. The van der Waals surface area contributed by atoms with E-state index in [2.05, 4.69) is 29.9 Å². The van der Waals surface area contributed by atoms with E-state index in [4.69, 9.17) is 0 Å². The van der Waals surface area contributed by atoms with Gasteiger partial charge in [-0.05, 0) is 96.1 Å². The molecule has 0 saturated carbocycles. The summed E-state index contributed by atoms with van der Waals surface area (Å²) >= 11 is 0. The molecule has 0 bridgehead atoms. The quantitative estimate of drug-likeness (QED) is 0.203. The highest BCUT2D eigenvalue weighted by Gasteiger charge is 2.07. The number of hydrogen-bond donors (Lipinski definition) is 2. The number of nitrogens with one attached hydrogen (secondary N) is 2. The fourth-order valence-electron chi connectivity index (χ4n) is 4.61. The van der Waals surface area contributed by atoms with Gasteiger partial charge >= 0.3 is 0 Å². The Morgan fingerprint density at radius 2 is 0.905 bits per heavy atom. The minimum absolute atomic E-state index is 0.280. The number of nitrogens with zero attached hydrogens (tertiary/aromatic N) is 4. The van der Waals surface area contributed by atoms with Gasteiger partial charge in [-0.2, -0.15) is 0 Å². The van der Waals surface area contributed by atoms with E-state index in [1.807, 2.05) is 73.1 Å². The Kier molecular flexibility index (Phi) is 6.41. The number of aliphatic imine (C=N–C) groups is 2. The minimum Gasteiger partial charge on any atom is -0.338 e. The summed E-state index contributed by atoms with van der Waals surface area (Å²) in [5.41, 5.74) is 8.48. The van der Waals surface area contributed by atoms with Crippen LogP contribution >= 0.6 is 0 Å². The van der Waals surface area contributed by atoms with Crippen molar-refractivity contribution in [2.45, 2.75) is 0 Å². The molecule has 0 radical (unpaired) electrons. The number of imidazole rings is 2. The highest BCUT2D eigenvalue weighted by atomic mass is 19.1. The van der Waals surface area contributed by atoms with E-state index in [0.717, 1.165) is 55.7 Å². The Labute approximate surface area is 239 Å². The Balaban J connectivity index is 1.03. The molecule has 0 spiro atoms. The van der Waals surface area contributed by atoms with Gasteiger partial charge in [-0.15, -0.1) is 0 Å². The topological polar surface area (TPSA) is 82.1 Å². The van der Waals surface area contributed by atoms with Gasteiger partial charge in [-0.3, -0.25) is 9.98 Å². The molecule has 0 saturated heterocycles. The normalized spacial score (nSPS) is 11.9. The lowest BCUT2D eigenvalue weighted by atomic mass is 10.1. The maximum atomic E-state index is 13.3. The molecular formula is C34H22F2N6. The first kappa shape index (κ1) is 25.2. The van der Waals surface area contributed by atoms with Crippen LogP contribution < -0.4 is 0 Å². The first-order chi connectivity index (χ1) is 20.6. The van der Waals surface area contributed by atoms with Crippen molar-refractivity contribution in [2.75, 3.05) is 0 Å². The molecule has 0 aliphatic rings. The molecule has 0 aliphatic carbocycles. The summed E-state index contributed by atoms with van der Waals surface area (Å²) < 4.78 is 26.5. The molecule has 0 unspecified atom stereocenters. The summed E-state index contributed by atoms with van der Waals surface area (Å²) in [6.07, 6.45) is 3.62. The average molecular weight is 553 g/mol. The van der Waals surface area contributed by atoms with E-state index in [1.54, 1.807) is 24.3 Å². The Hall–Kier alpha value is -5.76. The van der Waals surface area contributed by atoms with Gasteiger partial charge in [0.1, 0.15) is 23.3 Å². The third-order valence-corrected chi connectivity index (χ3v) is 6.83. The lowest BCUT2D eigenvalue weighted by molar-refractivity contribution is 0.627. The SMILES string of the molecule is Fc1ccc(-c2nc3ccc(N=Cc4ccc(C=Nc5ccc6nc(-c7ccc(F)cc7)[nH]c6c5)cc4)cc3[nH]2)cc1.